The fourth-order valence-electron chi connectivity index (χ4n) is 1.89. The molecule has 2 aromatic rings. The quantitative estimate of drug-likeness (QED) is 0.853. The first-order chi connectivity index (χ1) is 9.54. The van der Waals surface area contributed by atoms with Gasteiger partial charge >= 0.3 is 0 Å². The van der Waals surface area contributed by atoms with Crippen LogP contribution in [0.15, 0.2) is 41.8 Å². The van der Waals surface area contributed by atoms with Gasteiger partial charge in [-0.2, -0.15) is 0 Å². The van der Waals surface area contributed by atoms with Crippen LogP contribution < -0.4 is 5.32 Å². The van der Waals surface area contributed by atoms with Crippen LogP contribution in [0, 0.1) is 0 Å². The molecule has 0 aliphatic heterocycles. The minimum absolute atomic E-state index is 0.130. The third kappa shape index (κ3) is 5.08. The van der Waals surface area contributed by atoms with E-state index in [-0.39, 0.29) is 5.54 Å². The Morgan fingerprint density at radius 2 is 1.75 bits per heavy atom. The van der Waals surface area contributed by atoms with Crippen LogP contribution in [-0.4, -0.2) is 5.54 Å². The zero-order chi connectivity index (χ0) is 14.4. The molecule has 3 heteroatoms. The number of benzene rings is 1. The second-order valence-electron chi connectivity index (χ2n) is 5.94. The van der Waals surface area contributed by atoms with Crippen LogP contribution in [0.2, 0.25) is 0 Å². The number of thiophene rings is 1. The predicted octanol–water partition coefficient (Wildman–Crippen LogP) is 4.35. The van der Waals surface area contributed by atoms with Crippen molar-refractivity contribution in [3.8, 4) is 0 Å². The van der Waals surface area contributed by atoms with E-state index in [4.69, 9.17) is 4.74 Å². The zero-order valence-electron chi connectivity index (χ0n) is 12.5. The molecule has 1 aromatic heterocycles. The van der Waals surface area contributed by atoms with Crippen molar-refractivity contribution in [2.24, 2.45) is 0 Å². The smallest absolute Gasteiger partial charge is 0.0813 e. The van der Waals surface area contributed by atoms with Crippen molar-refractivity contribution in [1.82, 2.24) is 5.32 Å². The molecule has 0 fully saturated rings. The SMILES string of the molecule is CC(C)(C)NCc1ccccc1COCc1cccs1. The van der Waals surface area contributed by atoms with Gasteiger partial charge in [-0.15, -0.1) is 11.3 Å². The van der Waals surface area contributed by atoms with Crippen molar-refractivity contribution in [2.45, 2.75) is 46.1 Å². The third-order valence-corrected chi connectivity index (χ3v) is 3.86. The normalized spacial score (nSPS) is 11.8. The number of rotatable bonds is 6. The summed E-state index contributed by atoms with van der Waals surface area (Å²) < 4.78 is 5.82. The van der Waals surface area contributed by atoms with Gasteiger partial charge in [0.05, 0.1) is 13.2 Å². The van der Waals surface area contributed by atoms with Gasteiger partial charge in [0.2, 0.25) is 0 Å². The summed E-state index contributed by atoms with van der Waals surface area (Å²) in [5.74, 6) is 0. The van der Waals surface area contributed by atoms with Crippen molar-refractivity contribution in [3.05, 3.63) is 57.8 Å². The Morgan fingerprint density at radius 3 is 2.40 bits per heavy atom. The molecule has 0 radical (unpaired) electrons. The van der Waals surface area contributed by atoms with E-state index >= 15 is 0 Å². The Labute approximate surface area is 125 Å². The largest absolute Gasteiger partial charge is 0.371 e. The van der Waals surface area contributed by atoms with Crippen molar-refractivity contribution in [1.29, 1.82) is 0 Å². The average Bonchev–Trinajstić information content (AvgIpc) is 2.90. The van der Waals surface area contributed by atoms with Crippen LogP contribution in [-0.2, 0) is 24.5 Å². The van der Waals surface area contributed by atoms with Gasteiger partial charge in [0, 0.05) is 17.0 Å². The summed E-state index contributed by atoms with van der Waals surface area (Å²) in [5, 5.41) is 5.61. The van der Waals surface area contributed by atoms with Gasteiger partial charge in [-0.3, -0.25) is 0 Å². The highest BCUT2D eigenvalue weighted by Gasteiger charge is 2.10. The maximum Gasteiger partial charge on any atom is 0.0813 e. The van der Waals surface area contributed by atoms with Crippen molar-refractivity contribution in [2.75, 3.05) is 0 Å². The first-order valence-electron chi connectivity index (χ1n) is 6.96. The van der Waals surface area contributed by atoms with E-state index in [1.807, 2.05) is 0 Å². The van der Waals surface area contributed by atoms with Crippen LogP contribution in [0.4, 0.5) is 0 Å². The summed E-state index contributed by atoms with van der Waals surface area (Å²) in [6.07, 6.45) is 0. The van der Waals surface area contributed by atoms with Crippen LogP contribution in [0.3, 0.4) is 0 Å². The number of ether oxygens (including phenoxy) is 1. The molecule has 0 amide bonds. The highest BCUT2D eigenvalue weighted by atomic mass is 32.1. The second kappa shape index (κ2) is 7.02. The lowest BCUT2D eigenvalue weighted by molar-refractivity contribution is 0.108. The van der Waals surface area contributed by atoms with Crippen LogP contribution >= 0.6 is 11.3 Å². The third-order valence-electron chi connectivity index (χ3n) is 3.01. The molecule has 1 N–H and O–H groups in total. The summed E-state index contributed by atoms with van der Waals surface area (Å²) in [6, 6.07) is 12.6. The van der Waals surface area contributed by atoms with E-state index in [9.17, 15) is 0 Å². The lowest BCUT2D eigenvalue weighted by Crippen LogP contribution is -2.35. The summed E-state index contributed by atoms with van der Waals surface area (Å²) in [4.78, 5) is 1.27. The first kappa shape index (κ1) is 15.2. The molecule has 0 saturated heterocycles. The minimum Gasteiger partial charge on any atom is -0.371 e. The highest BCUT2D eigenvalue weighted by Crippen LogP contribution is 2.15. The molecule has 1 heterocycles. The molecule has 0 atom stereocenters. The van der Waals surface area contributed by atoms with E-state index < -0.39 is 0 Å². The highest BCUT2D eigenvalue weighted by molar-refractivity contribution is 7.09. The number of nitrogens with one attached hydrogen (secondary N) is 1. The lowest BCUT2D eigenvalue weighted by atomic mass is 10.1. The summed E-state index contributed by atoms with van der Waals surface area (Å²) in [7, 11) is 0. The fraction of sp³-hybridized carbons (Fsp3) is 0.412. The molecule has 0 unspecified atom stereocenters. The molecule has 108 valence electrons. The van der Waals surface area contributed by atoms with E-state index in [0.717, 1.165) is 6.54 Å². The van der Waals surface area contributed by atoms with Crippen molar-refractivity contribution < 1.29 is 4.74 Å². The van der Waals surface area contributed by atoms with Crippen LogP contribution in [0.1, 0.15) is 36.8 Å². The number of hydrogen-bond donors (Lipinski definition) is 1. The fourth-order valence-corrected chi connectivity index (χ4v) is 2.53. The van der Waals surface area contributed by atoms with Gasteiger partial charge in [-0.25, -0.2) is 0 Å². The molecule has 0 aliphatic carbocycles. The van der Waals surface area contributed by atoms with Crippen LogP contribution in [0.5, 0.6) is 0 Å². The van der Waals surface area contributed by atoms with Gasteiger partial charge in [0.25, 0.3) is 0 Å². The Balaban J connectivity index is 1.90. The van der Waals surface area contributed by atoms with Gasteiger partial charge in [0.15, 0.2) is 0 Å². The van der Waals surface area contributed by atoms with Gasteiger partial charge < -0.3 is 10.1 Å². The Hall–Kier alpha value is -1.16. The maximum atomic E-state index is 5.82. The molecule has 0 spiro atoms. The molecule has 0 aliphatic rings. The van der Waals surface area contributed by atoms with E-state index in [2.05, 4.69) is 67.9 Å². The van der Waals surface area contributed by atoms with Gasteiger partial charge in [-0.05, 0) is 43.3 Å². The molecule has 1 aromatic carbocycles. The molecular formula is C17H23NOS. The predicted molar refractivity (Wildman–Crippen MR) is 85.8 cm³/mol. The molecule has 2 nitrogen and oxygen atoms in total. The standard InChI is InChI=1S/C17H23NOS/c1-17(2,3)18-11-14-7-4-5-8-15(14)12-19-13-16-9-6-10-20-16/h4-10,18H,11-13H2,1-3H3. The molecule has 2 rings (SSSR count). The molecule has 0 bridgehead atoms. The topological polar surface area (TPSA) is 21.3 Å². The van der Waals surface area contributed by atoms with Crippen LogP contribution in [0.25, 0.3) is 0 Å². The summed E-state index contributed by atoms with van der Waals surface area (Å²) in [6.45, 7) is 8.79. The Bertz CT molecular complexity index is 514. The van der Waals surface area contributed by atoms with E-state index in [0.29, 0.717) is 13.2 Å². The number of hydrogen-bond acceptors (Lipinski definition) is 3. The van der Waals surface area contributed by atoms with Gasteiger partial charge in [0.1, 0.15) is 0 Å². The average molecular weight is 289 g/mol. The molecular weight excluding hydrogens is 266 g/mol. The van der Waals surface area contributed by atoms with Crippen molar-refractivity contribution >= 4 is 11.3 Å². The van der Waals surface area contributed by atoms with Crippen molar-refractivity contribution in [3.63, 3.8) is 0 Å². The first-order valence-corrected chi connectivity index (χ1v) is 7.84. The Kier molecular flexibility index (Phi) is 5.35. The summed E-state index contributed by atoms with van der Waals surface area (Å²) >= 11 is 1.74. The monoisotopic (exact) mass is 289 g/mol. The maximum absolute atomic E-state index is 5.82. The van der Waals surface area contributed by atoms with Gasteiger partial charge in [-0.1, -0.05) is 30.3 Å². The minimum atomic E-state index is 0.130. The van der Waals surface area contributed by atoms with E-state index in [1.54, 1.807) is 11.3 Å². The molecule has 0 saturated carbocycles. The zero-order valence-corrected chi connectivity index (χ0v) is 13.3. The summed E-state index contributed by atoms with van der Waals surface area (Å²) in [5.41, 5.74) is 2.71. The second-order valence-corrected chi connectivity index (χ2v) is 6.98. The Morgan fingerprint density at radius 1 is 1.00 bits per heavy atom. The van der Waals surface area contributed by atoms with E-state index in [1.165, 1.54) is 16.0 Å². The lowest BCUT2D eigenvalue weighted by Gasteiger charge is -2.21. The molecule has 20 heavy (non-hydrogen) atoms.